The van der Waals surface area contributed by atoms with Gasteiger partial charge in [-0.3, -0.25) is 9.69 Å². The molecule has 2 unspecified atom stereocenters. The van der Waals surface area contributed by atoms with Crippen LogP contribution in [0.5, 0.6) is 0 Å². The zero-order valence-corrected chi connectivity index (χ0v) is 10.9. The number of aliphatic carboxylic acids is 1. The molecule has 100 valence electrons. The van der Waals surface area contributed by atoms with Crippen LogP contribution < -0.4 is 5.32 Å². The first-order valence-corrected chi connectivity index (χ1v) is 5.65. The Labute approximate surface area is 102 Å². The molecule has 0 fully saturated rings. The van der Waals surface area contributed by atoms with Gasteiger partial charge in [-0.2, -0.15) is 0 Å². The Bertz CT molecular complexity index is 258. The predicted molar refractivity (Wildman–Crippen MR) is 63.8 cm³/mol. The quantitative estimate of drug-likeness (QED) is 0.627. The molecule has 2 N–H and O–H groups in total. The minimum atomic E-state index is -1.02. The number of carboxylic acid groups (broad SMARTS) is 1. The summed E-state index contributed by atoms with van der Waals surface area (Å²) >= 11 is 0. The molecule has 0 radical (unpaired) electrons. The molecule has 0 aromatic carbocycles. The maximum absolute atomic E-state index is 11.0. The molecule has 0 aliphatic heterocycles. The molecule has 17 heavy (non-hydrogen) atoms. The molecular formula is C11H22N2O4. The van der Waals surface area contributed by atoms with Gasteiger partial charge in [0.05, 0.1) is 6.61 Å². The van der Waals surface area contributed by atoms with Crippen molar-refractivity contribution in [3.8, 4) is 0 Å². The van der Waals surface area contributed by atoms with E-state index in [9.17, 15) is 9.59 Å². The fourth-order valence-corrected chi connectivity index (χ4v) is 1.63. The van der Waals surface area contributed by atoms with Crippen LogP contribution in [0.1, 0.15) is 20.8 Å². The fourth-order valence-electron chi connectivity index (χ4n) is 1.63. The number of ether oxygens (including phenoxy) is 1. The first-order valence-electron chi connectivity index (χ1n) is 5.65. The minimum absolute atomic E-state index is 0.112. The van der Waals surface area contributed by atoms with Crippen LogP contribution in [0, 0.1) is 0 Å². The first-order chi connectivity index (χ1) is 7.92. The molecule has 0 aromatic rings. The van der Waals surface area contributed by atoms with Crippen molar-refractivity contribution < 1.29 is 19.4 Å². The molecular weight excluding hydrogens is 224 g/mol. The van der Waals surface area contributed by atoms with Crippen LogP contribution in [0.2, 0.25) is 0 Å². The Morgan fingerprint density at radius 2 is 2.06 bits per heavy atom. The Morgan fingerprint density at radius 1 is 1.47 bits per heavy atom. The summed E-state index contributed by atoms with van der Waals surface area (Å²) < 4.78 is 5.03. The molecule has 0 spiro atoms. The van der Waals surface area contributed by atoms with E-state index in [1.54, 1.807) is 7.11 Å². The smallest absolute Gasteiger partial charge is 0.327 e. The third-order valence-corrected chi connectivity index (χ3v) is 2.53. The van der Waals surface area contributed by atoms with Gasteiger partial charge in [-0.05, 0) is 13.5 Å². The summed E-state index contributed by atoms with van der Waals surface area (Å²) in [4.78, 5) is 23.9. The maximum Gasteiger partial charge on any atom is 0.327 e. The number of carbonyl (C=O) groups excluding carboxylic acids is 1. The van der Waals surface area contributed by atoms with E-state index in [2.05, 4.69) is 5.32 Å². The van der Waals surface area contributed by atoms with Gasteiger partial charge in [0.1, 0.15) is 6.04 Å². The topological polar surface area (TPSA) is 78.9 Å². The molecule has 0 rings (SSSR count). The van der Waals surface area contributed by atoms with E-state index in [0.29, 0.717) is 13.2 Å². The molecule has 2 atom stereocenters. The summed E-state index contributed by atoms with van der Waals surface area (Å²) in [5.41, 5.74) is 0. The van der Waals surface area contributed by atoms with Crippen LogP contribution in [0.25, 0.3) is 0 Å². The van der Waals surface area contributed by atoms with Crippen LogP contribution >= 0.6 is 0 Å². The number of nitrogens with zero attached hydrogens (tertiary/aromatic N) is 1. The number of nitrogens with one attached hydrogen (secondary N) is 1. The van der Waals surface area contributed by atoms with Crippen LogP contribution in [0.3, 0.4) is 0 Å². The highest BCUT2D eigenvalue weighted by Crippen LogP contribution is 2.01. The summed E-state index contributed by atoms with van der Waals surface area (Å²) in [6, 6.07) is -0.771. The molecule has 0 heterocycles. The Morgan fingerprint density at radius 3 is 2.41 bits per heavy atom. The highest BCUT2D eigenvalue weighted by Gasteiger charge is 2.23. The van der Waals surface area contributed by atoms with Crippen molar-refractivity contribution in [3.63, 3.8) is 0 Å². The lowest BCUT2D eigenvalue weighted by Crippen LogP contribution is -2.50. The molecule has 0 aliphatic rings. The third kappa shape index (κ3) is 6.23. The van der Waals surface area contributed by atoms with Crippen molar-refractivity contribution >= 4 is 11.9 Å². The lowest BCUT2D eigenvalue weighted by molar-refractivity contribution is -0.142. The van der Waals surface area contributed by atoms with Gasteiger partial charge in [-0.1, -0.05) is 6.92 Å². The molecule has 6 heteroatoms. The molecule has 0 aromatic heterocycles. The Hall–Kier alpha value is -1.14. The zero-order chi connectivity index (χ0) is 13.4. The van der Waals surface area contributed by atoms with Gasteiger partial charge in [0, 0.05) is 26.6 Å². The van der Waals surface area contributed by atoms with Gasteiger partial charge >= 0.3 is 5.97 Å². The SMILES string of the molecule is CCN(CC(NC(C)=O)C(=O)O)C(C)COC. The minimum Gasteiger partial charge on any atom is -0.480 e. The number of hydrogen-bond acceptors (Lipinski definition) is 4. The normalized spacial score (nSPS) is 14.4. The zero-order valence-electron chi connectivity index (χ0n) is 10.9. The Kier molecular flexibility index (Phi) is 7.49. The van der Waals surface area contributed by atoms with E-state index >= 15 is 0 Å². The second-order valence-electron chi connectivity index (χ2n) is 3.98. The van der Waals surface area contributed by atoms with Crippen molar-refractivity contribution in [1.82, 2.24) is 10.2 Å². The van der Waals surface area contributed by atoms with Gasteiger partial charge < -0.3 is 15.2 Å². The molecule has 1 amide bonds. The highest BCUT2D eigenvalue weighted by atomic mass is 16.5. The number of amides is 1. The fraction of sp³-hybridized carbons (Fsp3) is 0.818. The number of carbonyl (C=O) groups is 2. The van der Waals surface area contributed by atoms with E-state index in [1.807, 2.05) is 18.7 Å². The summed E-state index contributed by atoms with van der Waals surface area (Å²) in [5, 5.41) is 11.4. The third-order valence-electron chi connectivity index (χ3n) is 2.53. The summed E-state index contributed by atoms with van der Waals surface area (Å²) in [6.07, 6.45) is 0. The first kappa shape index (κ1) is 15.9. The molecule has 0 saturated carbocycles. The van der Waals surface area contributed by atoms with Gasteiger partial charge in [-0.15, -0.1) is 0 Å². The van der Waals surface area contributed by atoms with Gasteiger partial charge in [-0.25, -0.2) is 4.79 Å². The van der Waals surface area contributed by atoms with Crippen molar-refractivity contribution in [2.24, 2.45) is 0 Å². The summed E-state index contributed by atoms with van der Waals surface area (Å²) in [5.74, 6) is -1.36. The van der Waals surface area contributed by atoms with Gasteiger partial charge in [0.25, 0.3) is 0 Å². The van der Waals surface area contributed by atoms with Crippen LogP contribution in [-0.2, 0) is 14.3 Å². The van der Waals surface area contributed by atoms with Crippen molar-refractivity contribution in [2.45, 2.75) is 32.9 Å². The van der Waals surface area contributed by atoms with Crippen molar-refractivity contribution in [3.05, 3.63) is 0 Å². The number of methoxy groups -OCH3 is 1. The van der Waals surface area contributed by atoms with E-state index < -0.39 is 12.0 Å². The average molecular weight is 246 g/mol. The van der Waals surface area contributed by atoms with Gasteiger partial charge in [0.2, 0.25) is 5.91 Å². The molecule has 6 nitrogen and oxygen atoms in total. The second kappa shape index (κ2) is 8.03. The maximum atomic E-state index is 11.0. The largest absolute Gasteiger partial charge is 0.480 e. The van der Waals surface area contributed by atoms with E-state index in [0.717, 1.165) is 0 Å². The highest BCUT2D eigenvalue weighted by molar-refractivity contribution is 5.82. The molecule has 0 aliphatic carbocycles. The van der Waals surface area contributed by atoms with E-state index in [1.165, 1.54) is 6.92 Å². The number of rotatable bonds is 8. The number of carboxylic acids is 1. The monoisotopic (exact) mass is 246 g/mol. The standard InChI is InChI=1S/C11H22N2O4/c1-5-13(8(2)7-17-4)6-10(11(15)16)12-9(3)14/h8,10H,5-7H2,1-4H3,(H,12,14)(H,15,16). The van der Waals surface area contributed by atoms with Crippen LogP contribution in [-0.4, -0.2) is 60.8 Å². The lowest BCUT2D eigenvalue weighted by atomic mass is 10.2. The van der Waals surface area contributed by atoms with Crippen LogP contribution in [0.4, 0.5) is 0 Å². The Balaban J connectivity index is 4.47. The van der Waals surface area contributed by atoms with E-state index in [-0.39, 0.29) is 18.5 Å². The second-order valence-corrected chi connectivity index (χ2v) is 3.98. The predicted octanol–water partition coefficient (Wildman–Crippen LogP) is -0.0675. The summed E-state index contributed by atoms with van der Waals surface area (Å²) in [7, 11) is 1.60. The number of hydrogen-bond donors (Lipinski definition) is 2. The van der Waals surface area contributed by atoms with Crippen molar-refractivity contribution in [2.75, 3.05) is 26.8 Å². The van der Waals surface area contributed by atoms with Crippen molar-refractivity contribution in [1.29, 1.82) is 0 Å². The van der Waals surface area contributed by atoms with Gasteiger partial charge in [0.15, 0.2) is 0 Å². The van der Waals surface area contributed by atoms with E-state index in [4.69, 9.17) is 9.84 Å². The average Bonchev–Trinajstić information content (AvgIpc) is 2.23. The molecule has 0 saturated heterocycles. The molecule has 0 bridgehead atoms. The number of likely N-dealkylation sites (N-methyl/N-ethyl adjacent to an activating group) is 1. The summed E-state index contributed by atoms with van der Waals surface area (Å²) in [6.45, 7) is 6.72. The van der Waals surface area contributed by atoms with Crippen LogP contribution in [0.15, 0.2) is 0 Å². The lowest BCUT2D eigenvalue weighted by Gasteiger charge is -2.29.